The van der Waals surface area contributed by atoms with E-state index in [0.29, 0.717) is 18.7 Å². The van der Waals surface area contributed by atoms with Crippen LogP contribution in [0, 0.1) is 0 Å². The number of sulfone groups is 1. The highest BCUT2D eigenvalue weighted by molar-refractivity contribution is 7.90. The standard InChI is InChI=1S/C16H20N2O4S/c1-3-5-15(19)17-10-4-11-18(17)16(20)12-13-6-8-14(9-7-13)23(2,21)22/h3,5-9H,4,10-12H2,1-2H3. The van der Waals surface area contributed by atoms with E-state index in [-0.39, 0.29) is 23.1 Å². The average molecular weight is 336 g/mol. The Balaban J connectivity index is 2.08. The van der Waals surface area contributed by atoms with Crippen LogP contribution < -0.4 is 0 Å². The van der Waals surface area contributed by atoms with Crippen molar-refractivity contribution in [3.05, 3.63) is 42.0 Å². The number of hydrogen-bond donors (Lipinski definition) is 0. The molecule has 1 aliphatic rings. The van der Waals surface area contributed by atoms with Crippen molar-refractivity contribution in [3.8, 4) is 0 Å². The summed E-state index contributed by atoms with van der Waals surface area (Å²) in [5.41, 5.74) is 0.715. The van der Waals surface area contributed by atoms with Crippen molar-refractivity contribution in [2.24, 2.45) is 0 Å². The molecular weight excluding hydrogens is 316 g/mol. The van der Waals surface area contributed by atoms with E-state index >= 15 is 0 Å². The Hall–Kier alpha value is -2.15. The van der Waals surface area contributed by atoms with Crippen LogP contribution in [0.2, 0.25) is 0 Å². The quantitative estimate of drug-likeness (QED) is 0.774. The van der Waals surface area contributed by atoms with Crippen LogP contribution >= 0.6 is 0 Å². The maximum atomic E-state index is 12.4. The Kier molecular flexibility index (Phi) is 5.20. The minimum absolute atomic E-state index is 0.129. The number of hydrogen-bond acceptors (Lipinski definition) is 4. The van der Waals surface area contributed by atoms with E-state index < -0.39 is 9.84 Å². The molecule has 1 saturated heterocycles. The third-order valence-electron chi connectivity index (χ3n) is 3.59. The second-order valence-corrected chi connectivity index (χ2v) is 7.44. The van der Waals surface area contributed by atoms with Gasteiger partial charge in [0, 0.05) is 25.4 Å². The van der Waals surface area contributed by atoms with Gasteiger partial charge in [0.2, 0.25) is 5.91 Å². The van der Waals surface area contributed by atoms with E-state index in [1.54, 1.807) is 25.1 Å². The van der Waals surface area contributed by atoms with Crippen LogP contribution in [0.15, 0.2) is 41.3 Å². The monoisotopic (exact) mass is 336 g/mol. The van der Waals surface area contributed by atoms with Gasteiger partial charge in [0.15, 0.2) is 9.84 Å². The van der Waals surface area contributed by atoms with E-state index in [2.05, 4.69) is 0 Å². The van der Waals surface area contributed by atoms with Crippen LogP contribution in [0.25, 0.3) is 0 Å². The first-order chi connectivity index (χ1) is 10.8. The smallest absolute Gasteiger partial charge is 0.264 e. The maximum Gasteiger partial charge on any atom is 0.264 e. The molecule has 23 heavy (non-hydrogen) atoms. The van der Waals surface area contributed by atoms with E-state index in [9.17, 15) is 18.0 Å². The fourth-order valence-corrected chi connectivity index (χ4v) is 3.08. The van der Waals surface area contributed by atoms with Crippen molar-refractivity contribution in [3.63, 3.8) is 0 Å². The lowest BCUT2D eigenvalue weighted by Crippen LogP contribution is -2.44. The van der Waals surface area contributed by atoms with Gasteiger partial charge in [-0.05, 0) is 31.0 Å². The zero-order valence-corrected chi connectivity index (χ0v) is 14.0. The highest BCUT2D eigenvalue weighted by Crippen LogP contribution is 2.15. The average Bonchev–Trinajstić information content (AvgIpc) is 2.96. The topological polar surface area (TPSA) is 74.8 Å². The summed E-state index contributed by atoms with van der Waals surface area (Å²) in [5.74, 6) is -0.377. The Morgan fingerprint density at radius 1 is 1.13 bits per heavy atom. The Labute approximate surface area is 136 Å². The van der Waals surface area contributed by atoms with Crippen LogP contribution in [0.4, 0.5) is 0 Å². The van der Waals surface area contributed by atoms with Crippen molar-refractivity contribution in [2.75, 3.05) is 19.3 Å². The summed E-state index contributed by atoms with van der Waals surface area (Å²) >= 11 is 0. The molecule has 6 nitrogen and oxygen atoms in total. The zero-order chi connectivity index (χ0) is 17.0. The van der Waals surface area contributed by atoms with Crippen molar-refractivity contribution in [1.82, 2.24) is 10.0 Å². The SMILES string of the molecule is CC=CC(=O)N1CCCN1C(=O)Cc1ccc(S(C)(=O)=O)cc1. The number of carbonyl (C=O) groups is 2. The number of amides is 2. The Morgan fingerprint density at radius 2 is 1.74 bits per heavy atom. The van der Waals surface area contributed by atoms with Gasteiger partial charge in [-0.25, -0.2) is 13.4 Å². The summed E-state index contributed by atoms with van der Waals surface area (Å²) < 4.78 is 22.9. The molecule has 1 heterocycles. The molecule has 1 aliphatic heterocycles. The molecule has 0 atom stereocenters. The number of carbonyl (C=O) groups excluding carboxylic acids is 2. The summed E-state index contributed by atoms with van der Waals surface area (Å²) in [6.07, 6.45) is 5.10. The minimum Gasteiger partial charge on any atom is -0.273 e. The van der Waals surface area contributed by atoms with Gasteiger partial charge < -0.3 is 0 Å². The Bertz CT molecular complexity index is 723. The first-order valence-corrected chi connectivity index (χ1v) is 9.25. The molecular formula is C16H20N2O4S. The van der Waals surface area contributed by atoms with Gasteiger partial charge >= 0.3 is 0 Å². The van der Waals surface area contributed by atoms with Crippen LogP contribution in [-0.2, 0) is 25.8 Å². The lowest BCUT2D eigenvalue weighted by molar-refractivity contribution is -0.154. The molecule has 0 unspecified atom stereocenters. The zero-order valence-electron chi connectivity index (χ0n) is 13.2. The first-order valence-electron chi connectivity index (χ1n) is 7.36. The van der Waals surface area contributed by atoms with Gasteiger partial charge in [-0.2, -0.15) is 0 Å². The van der Waals surface area contributed by atoms with Crippen LogP contribution in [0.3, 0.4) is 0 Å². The normalized spacial score (nSPS) is 15.4. The summed E-state index contributed by atoms with van der Waals surface area (Å²) in [4.78, 5) is 24.6. The Morgan fingerprint density at radius 3 is 2.30 bits per heavy atom. The molecule has 2 amide bonds. The number of benzene rings is 1. The predicted molar refractivity (Wildman–Crippen MR) is 86.1 cm³/mol. The van der Waals surface area contributed by atoms with E-state index in [0.717, 1.165) is 12.7 Å². The van der Waals surface area contributed by atoms with Gasteiger partial charge in [0.25, 0.3) is 5.91 Å². The summed E-state index contributed by atoms with van der Waals surface area (Å²) in [5, 5.41) is 2.92. The van der Waals surface area contributed by atoms with Gasteiger partial charge in [-0.1, -0.05) is 18.2 Å². The van der Waals surface area contributed by atoms with Gasteiger partial charge in [-0.15, -0.1) is 0 Å². The third-order valence-corrected chi connectivity index (χ3v) is 4.72. The molecule has 0 radical (unpaired) electrons. The van der Waals surface area contributed by atoms with E-state index in [4.69, 9.17) is 0 Å². The molecule has 0 N–H and O–H groups in total. The van der Waals surface area contributed by atoms with Crippen molar-refractivity contribution < 1.29 is 18.0 Å². The van der Waals surface area contributed by atoms with Gasteiger partial charge in [0.05, 0.1) is 11.3 Å². The van der Waals surface area contributed by atoms with Gasteiger partial charge in [0.1, 0.15) is 0 Å². The van der Waals surface area contributed by atoms with Crippen molar-refractivity contribution in [1.29, 1.82) is 0 Å². The molecule has 1 aromatic rings. The number of rotatable bonds is 4. The number of allylic oxidation sites excluding steroid dienone is 1. The second kappa shape index (κ2) is 6.95. The summed E-state index contributed by atoms with van der Waals surface area (Å²) in [6, 6.07) is 6.24. The van der Waals surface area contributed by atoms with E-state index in [1.165, 1.54) is 28.2 Å². The number of hydrazine groups is 1. The summed E-state index contributed by atoms with van der Waals surface area (Å²) in [6.45, 7) is 2.80. The highest BCUT2D eigenvalue weighted by Gasteiger charge is 2.29. The molecule has 2 rings (SSSR count). The van der Waals surface area contributed by atoms with Crippen molar-refractivity contribution >= 4 is 21.7 Å². The van der Waals surface area contributed by atoms with Crippen LogP contribution in [0.1, 0.15) is 18.9 Å². The van der Waals surface area contributed by atoms with Crippen LogP contribution in [-0.4, -0.2) is 49.6 Å². The molecule has 0 aromatic heterocycles. The predicted octanol–water partition coefficient (Wildman–Crippen LogP) is 1.18. The molecule has 124 valence electrons. The fraction of sp³-hybridized carbons (Fsp3) is 0.375. The largest absolute Gasteiger partial charge is 0.273 e. The molecule has 0 aliphatic carbocycles. The molecule has 0 spiro atoms. The maximum absolute atomic E-state index is 12.4. The fourth-order valence-electron chi connectivity index (χ4n) is 2.45. The molecule has 7 heteroatoms. The second-order valence-electron chi connectivity index (χ2n) is 5.42. The summed E-state index contributed by atoms with van der Waals surface area (Å²) in [7, 11) is -3.25. The molecule has 1 aromatic carbocycles. The molecule has 1 fully saturated rings. The lowest BCUT2D eigenvalue weighted by Gasteiger charge is -2.27. The first kappa shape index (κ1) is 17.2. The minimum atomic E-state index is -3.25. The number of nitrogens with zero attached hydrogens (tertiary/aromatic N) is 2. The van der Waals surface area contributed by atoms with Gasteiger partial charge in [-0.3, -0.25) is 14.6 Å². The van der Waals surface area contributed by atoms with Crippen molar-refractivity contribution in [2.45, 2.75) is 24.7 Å². The molecule has 0 saturated carbocycles. The third kappa shape index (κ3) is 4.19. The lowest BCUT2D eigenvalue weighted by atomic mass is 10.1. The highest BCUT2D eigenvalue weighted by atomic mass is 32.2. The van der Waals surface area contributed by atoms with Crippen LogP contribution in [0.5, 0.6) is 0 Å². The molecule has 0 bridgehead atoms. The van der Waals surface area contributed by atoms with E-state index in [1.807, 2.05) is 0 Å².